The molecule has 0 aliphatic heterocycles. The maximum atomic E-state index is 13.6. The molecule has 170 valence electrons. The third-order valence-electron chi connectivity index (χ3n) is 6.36. The summed E-state index contributed by atoms with van der Waals surface area (Å²) in [6, 6.07) is 11.2. The van der Waals surface area contributed by atoms with Crippen molar-refractivity contribution < 1.29 is 14.4 Å². The molecule has 5 nitrogen and oxygen atoms in total. The topological polar surface area (TPSA) is 66.5 Å². The van der Waals surface area contributed by atoms with Gasteiger partial charge in [-0.1, -0.05) is 60.2 Å². The second kappa shape index (κ2) is 7.80. The number of nitrogens with zero attached hydrogens (tertiary/aromatic N) is 1. The van der Waals surface area contributed by atoms with Crippen molar-refractivity contribution in [2.24, 2.45) is 0 Å². The number of carbonyl (C=O) groups excluding carboxylic acids is 3. The molecule has 0 fully saturated rings. The van der Waals surface area contributed by atoms with Crippen molar-refractivity contribution in [1.29, 1.82) is 0 Å². The minimum absolute atomic E-state index is 0.0523. The van der Waals surface area contributed by atoms with Crippen LogP contribution in [0.2, 0.25) is 0 Å². The average Bonchev–Trinajstić information content (AvgIpc) is 2.79. The van der Waals surface area contributed by atoms with E-state index < -0.39 is 11.4 Å². The summed E-state index contributed by atoms with van der Waals surface area (Å²) in [6.07, 6.45) is 11.6. The number of aryl methyl sites for hydroxylation is 1. The van der Waals surface area contributed by atoms with Gasteiger partial charge in [0.25, 0.3) is 11.8 Å². The molecule has 1 N–H and O–H groups in total. The number of ketones is 1. The number of rotatable bonds is 2. The lowest BCUT2D eigenvalue weighted by Gasteiger charge is -2.36. The first-order chi connectivity index (χ1) is 16.1. The highest BCUT2D eigenvalue weighted by molar-refractivity contribution is 6.36. The predicted octanol–water partition coefficient (Wildman–Crippen LogP) is 3.09. The molecule has 1 atom stereocenters. The fraction of sp³-hybridized carbons (Fsp3) is 0.207. The minimum atomic E-state index is -0.715. The Hall–Kier alpha value is -3.99. The van der Waals surface area contributed by atoms with E-state index in [-0.39, 0.29) is 23.2 Å². The smallest absolute Gasteiger partial charge is 0.274 e. The molecule has 3 aliphatic rings. The summed E-state index contributed by atoms with van der Waals surface area (Å²) in [5.41, 5.74) is 6.14. The minimum Gasteiger partial charge on any atom is -0.289 e. The molecule has 2 aromatic rings. The Balaban J connectivity index is 1.58. The van der Waals surface area contributed by atoms with Gasteiger partial charge < -0.3 is 0 Å². The third-order valence-corrected chi connectivity index (χ3v) is 6.36. The highest BCUT2D eigenvalue weighted by Crippen LogP contribution is 2.35. The number of Topliss-reactive ketones (excluding diaryl/α,β-unsaturated/α-hetero) is 1. The van der Waals surface area contributed by atoms with Gasteiger partial charge in [-0.25, -0.2) is 5.01 Å². The Morgan fingerprint density at radius 2 is 1.79 bits per heavy atom. The summed E-state index contributed by atoms with van der Waals surface area (Å²) in [7, 11) is 0. The second-order valence-electron chi connectivity index (χ2n) is 9.89. The SMILES string of the molecule is Cc1cccc(C(=O)N(NC(=O)C2=C3C=CC4C=CC=c5ccc(c3c54)=CC2=O)C(C)(C)C)c1. The number of hydrogen-bond donors (Lipinski definition) is 1. The first kappa shape index (κ1) is 21.8. The van der Waals surface area contributed by atoms with Crippen LogP contribution in [0.3, 0.4) is 0 Å². The zero-order valence-corrected chi connectivity index (χ0v) is 19.7. The molecule has 5 heteroatoms. The lowest BCUT2D eigenvalue weighted by molar-refractivity contribution is -0.125. The molecule has 0 saturated carbocycles. The maximum absolute atomic E-state index is 13.6. The quantitative estimate of drug-likeness (QED) is 0.565. The van der Waals surface area contributed by atoms with Gasteiger partial charge in [-0.15, -0.1) is 0 Å². The van der Waals surface area contributed by atoms with Crippen molar-refractivity contribution >= 4 is 35.3 Å². The van der Waals surface area contributed by atoms with Crippen LogP contribution >= 0.6 is 0 Å². The standard InChI is InChI=1S/C29H26N2O3/c1-17-7-5-10-21(15-17)28(34)31(29(2,3)4)30-27(33)26-22-14-13-19-9-6-8-18-11-12-20(16-23(26)32)25(22)24(18)19/h5-16,19H,1-4H3,(H,30,33). The first-order valence-electron chi connectivity index (χ1n) is 11.4. The second-order valence-corrected chi connectivity index (χ2v) is 9.89. The normalized spacial score (nSPS) is 17.5. The van der Waals surface area contributed by atoms with E-state index in [1.165, 1.54) is 11.1 Å². The van der Waals surface area contributed by atoms with Crippen molar-refractivity contribution in [2.75, 3.05) is 0 Å². The van der Waals surface area contributed by atoms with Crippen LogP contribution in [0.15, 0.2) is 66.3 Å². The summed E-state index contributed by atoms with van der Waals surface area (Å²) in [4.78, 5) is 40.1. The number of benzene rings is 2. The Morgan fingerprint density at radius 3 is 2.53 bits per heavy atom. The average molecular weight is 451 g/mol. The molecule has 2 aromatic carbocycles. The molecule has 5 rings (SSSR count). The Morgan fingerprint density at radius 1 is 1.03 bits per heavy atom. The first-order valence-corrected chi connectivity index (χ1v) is 11.4. The van der Waals surface area contributed by atoms with Gasteiger partial charge in [0.05, 0.1) is 11.1 Å². The Labute approximate surface area is 198 Å². The van der Waals surface area contributed by atoms with E-state index in [2.05, 4.69) is 11.5 Å². The number of hydrogen-bond acceptors (Lipinski definition) is 3. The molecule has 3 aliphatic carbocycles. The molecule has 0 bridgehead atoms. The van der Waals surface area contributed by atoms with Gasteiger partial charge in [0.2, 0.25) is 0 Å². The van der Waals surface area contributed by atoms with Crippen molar-refractivity contribution in [1.82, 2.24) is 10.4 Å². The van der Waals surface area contributed by atoms with E-state index in [4.69, 9.17) is 0 Å². The third kappa shape index (κ3) is 3.54. The van der Waals surface area contributed by atoms with Crippen LogP contribution < -0.4 is 15.9 Å². The van der Waals surface area contributed by atoms with Crippen LogP contribution in [0.1, 0.15) is 53.7 Å². The summed E-state index contributed by atoms with van der Waals surface area (Å²) in [5.74, 6) is -1.18. The fourth-order valence-electron chi connectivity index (χ4n) is 4.77. The number of amides is 2. The van der Waals surface area contributed by atoms with E-state index in [0.29, 0.717) is 11.1 Å². The van der Waals surface area contributed by atoms with Crippen LogP contribution in [-0.2, 0) is 9.59 Å². The summed E-state index contributed by atoms with van der Waals surface area (Å²) >= 11 is 0. The number of carbonyl (C=O) groups is 3. The number of allylic oxidation sites excluding steroid dienone is 5. The Kier molecular flexibility index (Phi) is 5.01. The fourth-order valence-corrected chi connectivity index (χ4v) is 4.77. The van der Waals surface area contributed by atoms with E-state index in [1.54, 1.807) is 12.1 Å². The molecule has 0 radical (unpaired) electrons. The van der Waals surface area contributed by atoms with Gasteiger partial charge in [0.1, 0.15) is 0 Å². The highest BCUT2D eigenvalue weighted by atomic mass is 16.2. The predicted molar refractivity (Wildman–Crippen MR) is 133 cm³/mol. The molecule has 34 heavy (non-hydrogen) atoms. The molecule has 1 unspecified atom stereocenters. The van der Waals surface area contributed by atoms with E-state index in [1.807, 2.05) is 76.3 Å². The van der Waals surface area contributed by atoms with Gasteiger partial charge in [-0.05, 0) is 73.0 Å². The molecule has 0 heterocycles. The van der Waals surface area contributed by atoms with Gasteiger partial charge in [0, 0.05) is 11.5 Å². The van der Waals surface area contributed by atoms with E-state index in [9.17, 15) is 14.4 Å². The summed E-state index contributed by atoms with van der Waals surface area (Å²) < 4.78 is 0. The van der Waals surface area contributed by atoms with Crippen LogP contribution in [0.25, 0.3) is 17.7 Å². The summed E-state index contributed by atoms with van der Waals surface area (Å²) in [5, 5.41) is 3.21. The molecule has 0 spiro atoms. The van der Waals surface area contributed by atoms with Crippen LogP contribution in [0.4, 0.5) is 0 Å². The molecular formula is C29H26N2O3. The Bertz CT molecular complexity index is 1480. The lowest BCUT2D eigenvalue weighted by Crippen LogP contribution is -2.56. The van der Waals surface area contributed by atoms with Gasteiger partial charge >= 0.3 is 0 Å². The molecule has 2 amide bonds. The zero-order chi connectivity index (χ0) is 24.2. The van der Waals surface area contributed by atoms with E-state index in [0.717, 1.165) is 27.1 Å². The zero-order valence-electron chi connectivity index (χ0n) is 19.7. The van der Waals surface area contributed by atoms with E-state index >= 15 is 0 Å². The summed E-state index contributed by atoms with van der Waals surface area (Å²) in [6.45, 7) is 7.43. The monoisotopic (exact) mass is 450 g/mol. The van der Waals surface area contributed by atoms with Crippen molar-refractivity contribution in [3.05, 3.63) is 99.0 Å². The number of nitrogens with one attached hydrogen (secondary N) is 1. The molecule has 0 aromatic heterocycles. The molecule has 0 saturated heterocycles. The van der Waals surface area contributed by atoms with Crippen LogP contribution in [-0.4, -0.2) is 28.1 Å². The number of hydrazine groups is 1. The van der Waals surface area contributed by atoms with Crippen LogP contribution in [0, 0.1) is 6.92 Å². The maximum Gasteiger partial charge on any atom is 0.274 e. The van der Waals surface area contributed by atoms with Crippen LogP contribution in [0.5, 0.6) is 0 Å². The lowest BCUT2D eigenvalue weighted by atomic mass is 9.77. The van der Waals surface area contributed by atoms with Gasteiger partial charge in [0.15, 0.2) is 5.78 Å². The van der Waals surface area contributed by atoms with Crippen molar-refractivity contribution in [2.45, 2.75) is 39.2 Å². The van der Waals surface area contributed by atoms with Gasteiger partial charge in [-0.3, -0.25) is 19.8 Å². The van der Waals surface area contributed by atoms with Crippen molar-refractivity contribution in [3.8, 4) is 0 Å². The van der Waals surface area contributed by atoms with Crippen molar-refractivity contribution in [3.63, 3.8) is 0 Å². The largest absolute Gasteiger partial charge is 0.289 e. The molecular weight excluding hydrogens is 424 g/mol. The highest BCUT2D eigenvalue weighted by Gasteiger charge is 2.35. The van der Waals surface area contributed by atoms with Gasteiger partial charge in [-0.2, -0.15) is 0 Å².